The van der Waals surface area contributed by atoms with Gasteiger partial charge in [-0.05, 0) is 41.8 Å². The van der Waals surface area contributed by atoms with Crippen molar-refractivity contribution in [3.05, 3.63) is 124 Å². The molecule has 0 radical (unpaired) electrons. The fourth-order valence-corrected chi connectivity index (χ4v) is 4.71. The Morgan fingerprint density at radius 1 is 0.886 bits per heavy atom. The zero-order valence-corrected chi connectivity index (χ0v) is 20.0. The van der Waals surface area contributed by atoms with Crippen LogP contribution in [-0.4, -0.2) is 16.8 Å². The molecule has 0 bridgehead atoms. The van der Waals surface area contributed by atoms with Gasteiger partial charge >= 0.3 is 0 Å². The van der Waals surface area contributed by atoms with E-state index in [0.717, 1.165) is 22.3 Å². The molecule has 1 N–H and O–H groups in total. The third kappa shape index (κ3) is 4.39. The maximum Gasteiger partial charge on any atom is 0.264 e. The molecular formula is C30H24ClNO3. The summed E-state index contributed by atoms with van der Waals surface area (Å²) in [5.74, 6) is -0.840. The highest BCUT2D eigenvalue weighted by Gasteiger charge is 2.51. The summed E-state index contributed by atoms with van der Waals surface area (Å²) in [6.45, 7) is 2.29. The molecule has 35 heavy (non-hydrogen) atoms. The van der Waals surface area contributed by atoms with E-state index in [1.165, 1.54) is 4.90 Å². The molecule has 0 aliphatic carbocycles. The first-order valence-corrected chi connectivity index (χ1v) is 11.8. The number of nitrogens with zero attached hydrogens (tertiary/aromatic N) is 1. The van der Waals surface area contributed by atoms with E-state index in [-0.39, 0.29) is 18.7 Å². The summed E-state index contributed by atoms with van der Waals surface area (Å²) in [5.41, 5.74) is 3.45. The average Bonchev–Trinajstić information content (AvgIpc) is 3.07. The van der Waals surface area contributed by atoms with Crippen LogP contribution in [0.1, 0.15) is 33.5 Å². The standard InChI is InChI=1S/C30H24ClNO3/c1-20-7-9-21(10-8-20)19-32-27-16-15-25(31)17-26(27)30(35,29(32)34)18-28(33)24-13-11-23(12-14-24)22-5-3-2-4-6-22/h2-17,35H,18-19H2,1H3. The SMILES string of the molecule is Cc1ccc(CN2C(=O)C(O)(CC(=O)c3ccc(-c4ccccc4)cc3)c3cc(Cl)ccc32)cc1. The summed E-state index contributed by atoms with van der Waals surface area (Å²) in [5, 5.41) is 12.0. The number of ketones is 1. The van der Waals surface area contributed by atoms with E-state index in [9.17, 15) is 14.7 Å². The zero-order valence-electron chi connectivity index (χ0n) is 19.2. The predicted molar refractivity (Wildman–Crippen MR) is 139 cm³/mol. The van der Waals surface area contributed by atoms with E-state index in [1.54, 1.807) is 30.3 Å². The topological polar surface area (TPSA) is 57.6 Å². The van der Waals surface area contributed by atoms with Gasteiger partial charge in [-0.1, -0.05) is 96.0 Å². The van der Waals surface area contributed by atoms with Crippen molar-refractivity contribution in [2.75, 3.05) is 4.90 Å². The predicted octanol–water partition coefficient (Wildman–Crippen LogP) is 6.32. The number of hydrogen-bond acceptors (Lipinski definition) is 3. The molecule has 4 aromatic rings. The molecule has 5 heteroatoms. The van der Waals surface area contributed by atoms with Crippen LogP contribution >= 0.6 is 11.6 Å². The molecule has 4 aromatic carbocycles. The molecule has 1 unspecified atom stereocenters. The van der Waals surface area contributed by atoms with Gasteiger partial charge < -0.3 is 10.0 Å². The molecule has 0 saturated carbocycles. The molecule has 1 aliphatic heterocycles. The minimum Gasteiger partial charge on any atom is -0.375 e. The molecule has 4 nitrogen and oxygen atoms in total. The van der Waals surface area contributed by atoms with Crippen molar-refractivity contribution >= 4 is 29.0 Å². The molecular weight excluding hydrogens is 458 g/mol. The van der Waals surface area contributed by atoms with Crippen molar-refractivity contribution in [3.63, 3.8) is 0 Å². The first kappa shape index (κ1) is 23.0. The van der Waals surface area contributed by atoms with Gasteiger partial charge in [-0.2, -0.15) is 0 Å². The molecule has 174 valence electrons. The number of fused-ring (bicyclic) bond motifs is 1. The van der Waals surface area contributed by atoms with Gasteiger partial charge in [-0.15, -0.1) is 0 Å². The van der Waals surface area contributed by atoms with Crippen LogP contribution in [0.3, 0.4) is 0 Å². The quantitative estimate of drug-likeness (QED) is 0.328. The van der Waals surface area contributed by atoms with Crippen LogP contribution < -0.4 is 4.90 Å². The fraction of sp³-hybridized carbons (Fsp3) is 0.133. The van der Waals surface area contributed by atoms with Crippen LogP contribution in [0.25, 0.3) is 11.1 Å². The highest BCUT2D eigenvalue weighted by atomic mass is 35.5. The lowest BCUT2D eigenvalue weighted by Crippen LogP contribution is -2.41. The first-order chi connectivity index (χ1) is 16.8. The number of benzene rings is 4. The van der Waals surface area contributed by atoms with Crippen molar-refractivity contribution in [2.24, 2.45) is 0 Å². The Morgan fingerprint density at radius 2 is 1.54 bits per heavy atom. The van der Waals surface area contributed by atoms with Crippen molar-refractivity contribution in [2.45, 2.75) is 25.5 Å². The van der Waals surface area contributed by atoms with Gasteiger partial charge in [0.2, 0.25) is 0 Å². The van der Waals surface area contributed by atoms with Crippen LogP contribution in [0.15, 0.2) is 97.1 Å². The summed E-state index contributed by atoms with van der Waals surface area (Å²) in [4.78, 5) is 28.3. The van der Waals surface area contributed by atoms with Crippen LogP contribution in [0.2, 0.25) is 5.02 Å². The van der Waals surface area contributed by atoms with E-state index in [1.807, 2.05) is 73.7 Å². The average molecular weight is 482 g/mol. The largest absolute Gasteiger partial charge is 0.375 e. The Kier molecular flexibility index (Phi) is 6.01. The molecule has 0 fully saturated rings. The highest BCUT2D eigenvalue weighted by molar-refractivity contribution is 6.31. The second-order valence-corrected chi connectivity index (χ2v) is 9.38. The number of carbonyl (C=O) groups is 2. The monoisotopic (exact) mass is 481 g/mol. The van der Waals surface area contributed by atoms with Crippen molar-refractivity contribution in [1.29, 1.82) is 0 Å². The number of carbonyl (C=O) groups excluding carboxylic acids is 2. The lowest BCUT2D eigenvalue weighted by Gasteiger charge is -2.23. The van der Waals surface area contributed by atoms with Gasteiger partial charge in [0.25, 0.3) is 5.91 Å². The second kappa shape index (κ2) is 9.14. The number of amides is 1. The normalized spacial score (nSPS) is 16.9. The molecule has 1 atom stereocenters. The lowest BCUT2D eigenvalue weighted by atomic mass is 9.88. The van der Waals surface area contributed by atoms with Crippen LogP contribution in [0.4, 0.5) is 5.69 Å². The number of Topliss-reactive ketones (excluding diaryl/α,β-unsaturated/α-hetero) is 1. The maximum atomic E-state index is 13.6. The minimum absolute atomic E-state index is 0.288. The highest BCUT2D eigenvalue weighted by Crippen LogP contribution is 2.44. The Balaban J connectivity index is 1.43. The number of rotatable bonds is 6. The number of anilines is 1. The van der Waals surface area contributed by atoms with E-state index < -0.39 is 11.5 Å². The number of aryl methyl sites for hydroxylation is 1. The van der Waals surface area contributed by atoms with Crippen LogP contribution in [-0.2, 0) is 16.9 Å². The Hall–Kier alpha value is -3.73. The molecule has 0 saturated heterocycles. The van der Waals surface area contributed by atoms with Gasteiger partial charge in [-0.3, -0.25) is 9.59 Å². The van der Waals surface area contributed by atoms with Gasteiger partial charge in [0, 0.05) is 16.1 Å². The summed E-state index contributed by atoms with van der Waals surface area (Å²) in [6.07, 6.45) is -0.367. The van der Waals surface area contributed by atoms with Crippen molar-refractivity contribution in [1.82, 2.24) is 0 Å². The molecule has 1 aliphatic rings. The summed E-state index contributed by atoms with van der Waals surface area (Å²) >= 11 is 6.23. The minimum atomic E-state index is -1.99. The second-order valence-electron chi connectivity index (χ2n) is 8.94. The summed E-state index contributed by atoms with van der Waals surface area (Å²) in [7, 11) is 0. The van der Waals surface area contributed by atoms with E-state index in [4.69, 9.17) is 11.6 Å². The first-order valence-electron chi connectivity index (χ1n) is 11.4. The Labute approximate surface area is 209 Å². The fourth-order valence-electron chi connectivity index (χ4n) is 4.54. The van der Waals surface area contributed by atoms with Crippen LogP contribution in [0.5, 0.6) is 0 Å². The van der Waals surface area contributed by atoms with Gasteiger partial charge in [-0.25, -0.2) is 0 Å². The van der Waals surface area contributed by atoms with Crippen molar-refractivity contribution in [3.8, 4) is 11.1 Å². The van der Waals surface area contributed by atoms with Gasteiger partial charge in [0.15, 0.2) is 11.4 Å². The van der Waals surface area contributed by atoms with E-state index >= 15 is 0 Å². The van der Waals surface area contributed by atoms with Gasteiger partial charge in [0.05, 0.1) is 18.7 Å². The molecule has 0 spiro atoms. The molecule has 5 rings (SSSR count). The van der Waals surface area contributed by atoms with Gasteiger partial charge in [0.1, 0.15) is 0 Å². The maximum absolute atomic E-state index is 13.6. The van der Waals surface area contributed by atoms with E-state index in [0.29, 0.717) is 21.8 Å². The Bertz CT molecular complexity index is 1400. The molecule has 1 amide bonds. The Morgan fingerprint density at radius 3 is 2.23 bits per heavy atom. The third-order valence-corrected chi connectivity index (χ3v) is 6.72. The number of halogens is 1. The molecule has 0 aromatic heterocycles. The summed E-state index contributed by atoms with van der Waals surface area (Å²) in [6, 6.07) is 29.9. The van der Waals surface area contributed by atoms with Crippen molar-refractivity contribution < 1.29 is 14.7 Å². The molecule has 1 heterocycles. The van der Waals surface area contributed by atoms with Crippen LogP contribution in [0, 0.1) is 6.92 Å². The number of aliphatic hydroxyl groups is 1. The zero-order chi connectivity index (χ0) is 24.6. The van der Waals surface area contributed by atoms with E-state index in [2.05, 4.69) is 0 Å². The third-order valence-electron chi connectivity index (χ3n) is 6.49. The lowest BCUT2D eigenvalue weighted by molar-refractivity contribution is -0.136. The smallest absolute Gasteiger partial charge is 0.264 e. The number of hydrogen-bond donors (Lipinski definition) is 1. The summed E-state index contributed by atoms with van der Waals surface area (Å²) < 4.78 is 0.